The fourth-order valence-electron chi connectivity index (χ4n) is 2.47. The van der Waals surface area contributed by atoms with Crippen molar-refractivity contribution in [1.29, 1.82) is 0 Å². The summed E-state index contributed by atoms with van der Waals surface area (Å²) in [5.74, 6) is -2.63. The average Bonchev–Trinajstić information content (AvgIpc) is 2.45. The highest BCUT2D eigenvalue weighted by Gasteiger charge is 2.47. The normalized spacial score (nSPS) is 26.0. The van der Waals surface area contributed by atoms with E-state index < -0.39 is 23.2 Å². The summed E-state index contributed by atoms with van der Waals surface area (Å²) in [5.41, 5.74) is -0.839. The largest absolute Gasteiger partial charge is 0.340 e. The first-order valence-electron chi connectivity index (χ1n) is 6.94. The number of hydrogen-bond acceptors (Lipinski definition) is 2. The van der Waals surface area contributed by atoms with Gasteiger partial charge in [-0.15, -0.1) is 0 Å². The monoisotopic (exact) mass is 296 g/mol. The standard InChI is InChI=1S/C15H18F2N2O2/c1-4-12-13(20)18-15(3,5-2)14(21)19(12)9-6-7-10(16)11(17)8-9/h6-8,12H,4-5H2,1-3H3,(H,18,20). The van der Waals surface area contributed by atoms with Gasteiger partial charge in [-0.1, -0.05) is 13.8 Å². The second-order valence-electron chi connectivity index (χ2n) is 5.37. The van der Waals surface area contributed by atoms with Gasteiger partial charge in [0.25, 0.3) is 5.91 Å². The van der Waals surface area contributed by atoms with Crippen molar-refractivity contribution in [3.05, 3.63) is 29.8 Å². The molecule has 0 bridgehead atoms. The molecule has 21 heavy (non-hydrogen) atoms. The van der Waals surface area contributed by atoms with Gasteiger partial charge in [-0.2, -0.15) is 0 Å². The Hall–Kier alpha value is -1.98. The smallest absolute Gasteiger partial charge is 0.253 e. The molecular formula is C15H18F2N2O2. The number of carbonyl (C=O) groups is 2. The van der Waals surface area contributed by atoms with Crippen LogP contribution in [0, 0.1) is 11.6 Å². The van der Waals surface area contributed by atoms with Crippen molar-refractivity contribution in [2.75, 3.05) is 4.90 Å². The lowest BCUT2D eigenvalue weighted by molar-refractivity contribution is -0.138. The minimum Gasteiger partial charge on any atom is -0.340 e. The second-order valence-corrected chi connectivity index (χ2v) is 5.37. The van der Waals surface area contributed by atoms with Crippen molar-refractivity contribution in [1.82, 2.24) is 5.32 Å². The molecule has 6 heteroatoms. The van der Waals surface area contributed by atoms with Crippen LogP contribution in [-0.2, 0) is 9.59 Å². The van der Waals surface area contributed by atoms with Crippen LogP contribution in [0.3, 0.4) is 0 Å². The second kappa shape index (κ2) is 5.42. The van der Waals surface area contributed by atoms with Crippen molar-refractivity contribution in [3.63, 3.8) is 0 Å². The topological polar surface area (TPSA) is 49.4 Å². The van der Waals surface area contributed by atoms with Crippen LogP contribution in [0.25, 0.3) is 0 Å². The molecular weight excluding hydrogens is 278 g/mol. The van der Waals surface area contributed by atoms with Crippen LogP contribution in [-0.4, -0.2) is 23.4 Å². The quantitative estimate of drug-likeness (QED) is 0.931. The minimum absolute atomic E-state index is 0.195. The van der Waals surface area contributed by atoms with Gasteiger partial charge < -0.3 is 5.32 Å². The Morgan fingerprint density at radius 2 is 1.90 bits per heavy atom. The number of anilines is 1. The van der Waals surface area contributed by atoms with E-state index in [1.165, 1.54) is 11.0 Å². The highest BCUT2D eigenvalue weighted by Crippen LogP contribution is 2.29. The number of nitrogens with one attached hydrogen (secondary N) is 1. The van der Waals surface area contributed by atoms with E-state index in [2.05, 4.69) is 5.32 Å². The van der Waals surface area contributed by atoms with Crippen LogP contribution < -0.4 is 10.2 Å². The molecule has 0 saturated carbocycles. The number of benzene rings is 1. The summed E-state index contributed by atoms with van der Waals surface area (Å²) in [6, 6.07) is 2.50. The molecule has 1 aliphatic heterocycles. The zero-order chi connectivity index (χ0) is 15.8. The number of piperazine rings is 1. The Labute approximate surface area is 122 Å². The van der Waals surface area contributed by atoms with E-state index in [9.17, 15) is 18.4 Å². The first-order valence-corrected chi connectivity index (χ1v) is 6.94. The van der Waals surface area contributed by atoms with Crippen LogP contribution >= 0.6 is 0 Å². The molecule has 0 spiro atoms. The Kier molecular flexibility index (Phi) is 3.98. The maximum absolute atomic E-state index is 13.5. The van der Waals surface area contributed by atoms with Gasteiger partial charge in [-0.25, -0.2) is 8.78 Å². The molecule has 2 unspecified atom stereocenters. The predicted molar refractivity (Wildman–Crippen MR) is 74.8 cm³/mol. The number of nitrogens with zero attached hydrogens (tertiary/aromatic N) is 1. The van der Waals surface area contributed by atoms with Gasteiger partial charge in [0.1, 0.15) is 11.6 Å². The molecule has 0 aromatic heterocycles. The SMILES string of the molecule is CCC1C(=O)NC(C)(CC)C(=O)N1c1ccc(F)c(F)c1. The van der Waals surface area contributed by atoms with Gasteiger partial charge in [-0.3, -0.25) is 14.5 Å². The van der Waals surface area contributed by atoms with E-state index in [4.69, 9.17) is 0 Å². The van der Waals surface area contributed by atoms with Crippen molar-refractivity contribution in [3.8, 4) is 0 Å². The zero-order valence-electron chi connectivity index (χ0n) is 12.2. The maximum atomic E-state index is 13.5. The molecule has 114 valence electrons. The van der Waals surface area contributed by atoms with Gasteiger partial charge in [0, 0.05) is 11.8 Å². The van der Waals surface area contributed by atoms with Gasteiger partial charge in [0.2, 0.25) is 5.91 Å². The van der Waals surface area contributed by atoms with Crippen molar-refractivity contribution in [2.24, 2.45) is 0 Å². The summed E-state index contributed by atoms with van der Waals surface area (Å²) in [6.07, 6.45) is 0.796. The number of rotatable bonds is 3. The third-order valence-electron chi connectivity index (χ3n) is 3.98. The lowest BCUT2D eigenvalue weighted by atomic mass is 9.90. The van der Waals surface area contributed by atoms with Crippen LogP contribution in [0.15, 0.2) is 18.2 Å². The Bertz CT molecular complexity index is 591. The summed E-state index contributed by atoms with van der Waals surface area (Å²) in [5, 5.41) is 2.72. The predicted octanol–water partition coefficient (Wildman–Crippen LogP) is 2.37. The zero-order valence-corrected chi connectivity index (χ0v) is 12.2. The molecule has 2 amide bonds. The third kappa shape index (κ3) is 2.50. The summed E-state index contributed by atoms with van der Waals surface area (Å²) in [7, 11) is 0. The van der Waals surface area contributed by atoms with E-state index in [-0.39, 0.29) is 17.5 Å². The highest BCUT2D eigenvalue weighted by atomic mass is 19.2. The molecule has 1 aromatic rings. The molecule has 2 atom stereocenters. The van der Waals surface area contributed by atoms with E-state index in [0.29, 0.717) is 12.8 Å². The Morgan fingerprint density at radius 3 is 2.43 bits per heavy atom. The molecule has 1 aromatic carbocycles. The number of carbonyl (C=O) groups excluding carboxylic acids is 2. The van der Waals surface area contributed by atoms with Crippen LogP contribution in [0.2, 0.25) is 0 Å². The average molecular weight is 296 g/mol. The van der Waals surface area contributed by atoms with Crippen LogP contribution in [0.1, 0.15) is 33.6 Å². The van der Waals surface area contributed by atoms with Gasteiger partial charge in [0.15, 0.2) is 11.6 Å². The van der Waals surface area contributed by atoms with E-state index in [1.807, 2.05) is 0 Å². The summed E-state index contributed by atoms with van der Waals surface area (Å²) in [4.78, 5) is 26.2. The number of halogens is 2. The van der Waals surface area contributed by atoms with E-state index in [0.717, 1.165) is 12.1 Å². The van der Waals surface area contributed by atoms with E-state index >= 15 is 0 Å². The molecule has 0 radical (unpaired) electrons. The fraction of sp³-hybridized carbons (Fsp3) is 0.467. The molecule has 1 saturated heterocycles. The van der Waals surface area contributed by atoms with Crippen molar-refractivity contribution < 1.29 is 18.4 Å². The summed E-state index contributed by atoms with van der Waals surface area (Å²) >= 11 is 0. The molecule has 1 aliphatic rings. The van der Waals surface area contributed by atoms with Crippen LogP contribution in [0.5, 0.6) is 0 Å². The molecule has 4 nitrogen and oxygen atoms in total. The molecule has 0 aliphatic carbocycles. The van der Waals surface area contributed by atoms with Gasteiger partial charge in [0.05, 0.1) is 0 Å². The maximum Gasteiger partial charge on any atom is 0.253 e. The summed E-state index contributed by atoms with van der Waals surface area (Å²) in [6.45, 7) is 5.18. The van der Waals surface area contributed by atoms with Gasteiger partial charge in [-0.05, 0) is 31.9 Å². The number of hydrogen-bond donors (Lipinski definition) is 1. The summed E-state index contributed by atoms with van der Waals surface area (Å²) < 4.78 is 26.5. The fourth-order valence-corrected chi connectivity index (χ4v) is 2.47. The Balaban J connectivity index is 2.51. The third-order valence-corrected chi connectivity index (χ3v) is 3.98. The molecule has 1 heterocycles. The Morgan fingerprint density at radius 1 is 1.24 bits per heavy atom. The lowest BCUT2D eigenvalue weighted by Gasteiger charge is -2.43. The molecule has 1 fully saturated rings. The molecule has 1 N–H and O–H groups in total. The van der Waals surface area contributed by atoms with Crippen molar-refractivity contribution >= 4 is 17.5 Å². The van der Waals surface area contributed by atoms with E-state index in [1.54, 1.807) is 20.8 Å². The van der Waals surface area contributed by atoms with Crippen molar-refractivity contribution in [2.45, 2.75) is 45.2 Å². The van der Waals surface area contributed by atoms with Gasteiger partial charge >= 0.3 is 0 Å². The first kappa shape index (κ1) is 15.4. The lowest BCUT2D eigenvalue weighted by Crippen LogP contribution is -2.69. The number of amides is 2. The molecule has 2 rings (SSSR count). The highest BCUT2D eigenvalue weighted by molar-refractivity contribution is 6.10. The van der Waals surface area contributed by atoms with Crippen LogP contribution in [0.4, 0.5) is 14.5 Å². The first-order chi connectivity index (χ1) is 9.84. The minimum atomic E-state index is -1.04.